The third-order valence-corrected chi connectivity index (χ3v) is 4.81. The second kappa shape index (κ2) is 12.7. The number of hydrogen-bond acceptors (Lipinski definition) is 6. The van der Waals surface area contributed by atoms with Gasteiger partial charge in [-0.1, -0.05) is 61.1 Å². The number of allylic oxidation sites excluding steroid dienone is 4. The van der Waals surface area contributed by atoms with Gasteiger partial charge in [-0.2, -0.15) is 0 Å². The van der Waals surface area contributed by atoms with Crippen molar-refractivity contribution in [3.63, 3.8) is 0 Å². The third-order valence-electron chi connectivity index (χ3n) is 4.81. The standard InChI is InChI=1S/C18H24O.C7H4N2O6/c1-5-18(4,13-6-7-15(2)3)14-12-16-8-10-17(19)11-9-16;10-7(11)4-1-5(8(12)13)3-6(2-4)9(14)15/h5,7-12,14,19H,1,6,13H2,2-4H3;1-3H,(H,10,11)/p-1/b14-12+;. The summed E-state index contributed by atoms with van der Waals surface area (Å²) in [5.74, 6) is -1.41. The van der Waals surface area contributed by atoms with Crippen LogP contribution in [0.25, 0.3) is 6.08 Å². The van der Waals surface area contributed by atoms with Crippen molar-refractivity contribution < 1.29 is 24.9 Å². The Hall–Kier alpha value is -4.27. The number of nitro groups is 2. The van der Waals surface area contributed by atoms with Crippen molar-refractivity contribution >= 4 is 23.4 Å². The summed E-state index contributed by atoms with van der Waals surface area (Å²) in [6.07, 6.45) is 10.6. The van der Waals surface area contributed by atoms with E-state index in [0.717, 1.165) is 30.5 Å². The van der Waals surface area contributed by atoms with Gasteiger partial charge in [-0.3, -0.25) is 20.2 Å². The first-order chi connectivity index (χ1) is 15.9. The monoisotopic (exact) mass is 467 g/mol. The molecule has 1 N–H and O–H groups in total. The molecule has 0 bridgehead atoms. The molecule has 9 nitrogen and oxygen atoms in total. The van der Waals surface area contributed by atoms with Crippen molar-refractivity contribution in [3.8, 4) is 5.75 Å². The van der Waals surface area contributed by atoms with Crippen molar-refractivity contribution in [2.24, 2.45) is 5.41 Å². The van der Waals surface area contributed by atoms with Gasteiger partial charge in [0.25, 0.3) is 11.4 Å². The minimum atomic E-state index is -1.46. The van der Waals surface area contributed by atoms with Gasteiger partial charge in [0, 0.05) is 17.5 Å². The smallest absolute Gasteiger partial charge is 0.336 e. The van der Waals surface area contributed by atoms with E-state index >= 15 is 0 Å². The molecule has 0 heterocycles. The number of nitrogens with zero attached hydrogens (tertiary/aromatic N) is 2. The number of rotatable bonds is 9. The highest BCUT2D eigenvalue weighted by Crippen LogP contribution is 2.28. The highest BCUT2D eigenvalue weighted by atomic mass is 16.6. The van der Waals surface area contributed by atoms with Crippen LogP contribution in [0.2, 0.25) is 0 Å². The molecule has 1 unspecified atom stereocenters. The van der Waals surface area contributed by atoms with Crippen LogP contribution in [-0.4, -0.2) is 20.9 Å². The summed E-state index contributed by atoms with van der Waals surface area (Å²) < 4.78 is 0. The molecule has 9 heteroatoms. The average Bonchev–Trinajstić information content (AvgIpc) is 2.78. The van der Waals surface area contributed by atoms with Crippen LogP contribution in [0, 0.1) is 25.6 Å². The van der Waals surface area contributed by atoms with Crippen LogP contribution in [0.5, 0.6) is 5.75 Å². The lowest BCUT2D eigenvalue weighted by molar-refractivity contribution is -0.394. The second-order valence-electron chi connectivity index (χ2n) is 7.99. The number of benzene rings is 2. The van der Waals surface area contributed by atoms with Crippen LogP contribution in [0.4, 0.5) is 11.4 Å². The Balaban J connectivity index is 0.000000350. The fraction of sp³-hybridized carbons (Fsp3) is 0.240. The van der Waals surface area contributed by atoms with Gasteiger partial charge in [-0.15, -0.1) is 12.3 Å². The first-order valence-electron chi connectivity index (χ1n) is 10.3. The maximum atomic E-state index is 11.0. The van der Waals surface area contributed by atoms with Gasteiger partial charge >= 0.3 is 5.97 Å². The number of non-ortho nitro benzene ring substituents is 2. The van der Waals surface area contributed by atoms with E-state index in [4.69, 9.17) is 5.11 Å². The molecular formula is C25H27N2O7-. The first kappa shape index (κ1) is 27.8. The lowest BCUT2D eigenvalue weighted by Gasteiger charge is -2.20. The average molecular weight is 467 g/mol. The molecule has 0 saturated heterocycles. The minimum absolute atomic E-state index is 0.0118. The predicted molar refractivity (Wildman–Crippen MR) is 129 cm³/mol. The van der Waals surface area contributed by atoms with Crippen LogP contribution in [0.15, 0.2) is 72.8 Å². The number of hydrogen-bond donors (Lipinski definition) is 1. The van der Waals surface area contributed by atoms with E-state index in [1.165, 1.54) is 5.57 Å². The zero-order valence-corrected chi connectivity index (χ0v) is 19.3. The molecule has 0 aliphatic heterocycles. The van der Waals surface area contributed by atoms with E-state index in [1.807, 2.05) is 18.2 Å². The van der Waals surface area contributed by atoms with Gasteiger partial charge in [0.2, 0.25) is 0 Å². The van der Waals surface area contributed by atoms with Crippen molar-refractivity contribution in [1.82, 2.24) is 0 Å². The maximum absolute atomic E-state index is 11.0. The number of nitro benzene ring substituents is 2. The highest BCUT2D eigenvalue weighted by molar-refractivity contribution is 5.89. The fourth-order valence-electron chi connectivity index (χ4n) is 2.72. The molecule has 34 heavy (non-hydrogen) atoms. The molecule has 0 saturated carbocycles. The van der Waals surface area contributed by atoms with E-state index in [-0.39, 0.29) is 11.2 Å². The van der Waals surface area contributed by atoms with Crippen LogP contribution in [0.1, 0.15) is 49.5 Å². The molecule has 180 valence electrons. The maximum Gasteiger partial charge on any atom is 0.336 e. The molecule has 2 aromatic rings. The molecule has 2 rings (SSSR count). The molecule has 1 atom stereocenters. The van der Waals surface area contributed by atoms with Crippen LogP contribution < -0.4 is 5.11 Å². The Labute approximate surface area is 197 Å². The normalized spacial score (nSPS) is 12.1. The van der Waals surface area contributed by atoms with Gasteiger partial charge < -0.3 is 10.2 Å². The largest absolute Gasteiger partial charge is 0.872 e. The third kappa shape index (κ3) is 9.47. The lowest BCUT2D eigenvalue weighted by Crippen LogP contribution is -2.08. The zero-order valence-electron chi connectivity index (χ0n) is 19.3. The van der Waals surface area contributed by atoms with Gasteiger partial charge in [0.1, 0.15) is 0 Å². The molecule has 0 fully saturated rings. The summed E-state index contributed by atoms with van der Waals surface area (Å²) in [6.45, 7) is 10.3. The van der Waals surface area contributed by atoms with Gasteiger partial charge in [0.15, 0.2) is 0 Å². The van der Waals surface area contributed by atoms with Crippen LogP contribution >= 0.6 is 0 Å². The van der Waals surface area contributed by atoms with E-state index < -0.39 is 32.8 Å². The molecule has 0 aliphatic rings. The molecule has 0 amide bonds. The fourth-order valence-corrected chi connectivity index (χ4v) is 2.72. The van der Waals surface area contributed by atoms with E-state index in [0.29, 0.717) is 6.07 Å². The topological polar surface area (TPSA) is 147 Å². The summed E-state index contributed by atoms with van der Waals surface area (Å²) in [4.78, 5) is 29.4. The van der Waals surface area contributed by atoms with Crippen molar-refractivity contribution in [2.75, 3.05) is 0 Å². The number of carbonyl (C=O) groups is 1. The molecular weight excluding hydrogens is 440 g/mol. The molecule has 2 aromatic carbocycles. The number of carboxylic acids is 1. The Bertz CT molecular complexity index is 1020. The summed E-state index contributed by atoms with van der Waals surface area (Å²) in [5, 5.41) is 40.3. The lowest BCUT2D eigenvalue weighted by atomic mass is 9.84. The van der Waals surface area contributed by atoms with Crippen molar-refractivity contribution in [2.45, 2.75) is 33.6 Å². The summed E-state index contributed by atoms with van der Waals surface area (Å²) in [5.41, 5.74) is 0.651. The highest BCUT2D eigenvalue weighted by Gasteiger charge is 2.19. The first-order valence-corrected chi connectivity index (χ1v) is 10.3. The summed E-state index contributed by atoms with van der Waals surface area (Å²) in [7, 11) is 0. The van der Waals surface area contributed by atoms with E-state index in [9.17, 15) is 30.1 Å². The van der Waals surface area contributed by atoms with E-state index in [2.05, 4.69) is 45.6 Å². The van der Waals surface area contributed by atoms with Gasteiger partial charge in [-0.05, 0) is 32.3 Å². The van der Waals surface area contributed by atoms with Gasteiger partial charge in [0.05, 0.1) is 21.5 Å². The molecule has 0 radical (unpaired) electrons. The van der Waals surface area contributed by atoms with Crippen LogP contribution in [0.3, 0.4) is 0 Å². The van der Waals surface area contributed by atoms with E-state index in [1.54, 1.807) is 12.1 Å². The molecule has 0 spiro atoms. The molecule has 0 aromatic heterocycles. The zero-order chi connectivity index (χ0) is 25.9. The predicted octanol–water partition coefficient (Wildman–Crippen LogP) is 5.91. The second-order valence-corrected chi connectivity index (χ2v) is 7.99. The van der Waals surface area contributed by atoms with Crippen LogP contribution in [-0.2, 0) is 0 Å². The Morgan fingerprint density at radius 1 is 1.06 bits per heavy atom. The van der Waals surface area contributed by atoms with Gasteiger partial charge in [-0.25, -0.2) is 4.79 Å². The Kier molecular flexibility index (Phi) is 10.4. The number of aromatic carboxylic acids is 1. The number of carboxylic acid groups (broad SMARTS) is 1. The summed E-state index contributed by atoms with van der Waals surface area (Å²) >= 11 is 0. The SMILES string of the molecule is C=CC(C)(/C=C/c1ccc([O-])cc1)CCC=C(C)C.O=C(O)c1cc([N+](=O)[O-])cc([N+](=O)[O-])c1. The minimum Gasteiger partial charge on any atom is -0.872 e. The quantitative estimate of drug-likeness (QED) is 0.274. The summed E-state index contributed by atoms with van der Waals surface area (Å²) in [6, 6.07) is 9.09. The Morgan fingerprint density at radius 3 is 2.00 bits per heavy atom. The molecule has 0 aliphatic carbocycles. The van der Waals surface area contributed by atoms with Crippen molar-refractivity contribution in [1.29, 1.82) is 0 Å². The van der Waals surface area contributed by atoms with Crippen molar-refractivity contribution in [3.05, 3.63) is 104 Å². The Morgan fingerprint density at radius 2 is 1.59 bits per heavy atom.